The van der Waals surface area contributed by atoms with E-state index in [4.69, 9.17) is 5.73 Å². The van der Waals surface area contributed by atoms with Gasteiger partial charge in [0.05, 0.1) is 16.6 Å². The Bertz CT molecular complexity index is 874. The van der Waals surface area contributed by atoms with E-state index in [9.17, 15) is 4.79 Å². The van der Waals surface area contributed by atoms with Crippen LogP contribution in [0.1, 0.15) is 37.7 Å². The molecule has 1 aliphatic carbocycles. The minimum Gasteiger partial charge on any atom is -0.350 e. The maximum Gasteiger partial charge on any atom is 0.240 e. The number of nitrogens with one attached hydrogen (secondary N) is 2. The number of carbonyl (C=O) groups excluding carboxylic acids is 1. The fourth-order valence-corrected chi connectivity index (χ4v) is 3.64. The lowest BCUT2D eigenvalue weighted by molar-refractivity contribution is -0.127. The number of hydrogen-bond acceptors (Lipinski definition) is 3. The largest absolute Gasteiger partial charge is 0.350 e. The lowest BCUT2D eigenvalue weighted by Gasteiger charge is -2.31. The van der Waals surface area contributed by atoms with Gasteiger partial charge < -0.3 is 16.0 Å². The van der Waals surface area contributed by atoms with Gasteiger partial charge in [0.15, 0.2) is 0 Å². The first kappa shape index (κ1) is 16.8. The molecule has 0 bridgehead atoms. The maximum absolute atomic E-state index is 12.4. The van der Waals surface area contributed by atoms with Crippen molar-refractivity contribution in [3.8, 4) is 11.4 Å². The Hall–Kier alpha value is -2.66. The van der Waals surface area contributed by atoms with Crippen LogP contribution in [0.3, 0.4) is 0 Å². The Morgan fingerprint density at radius 3 is 2.54 bits per heavy atom. The average molecular weight is 348 g/mol. The minimum absolute atomic E-state index is 0.0291. The number of hydrogen-bond donors (Lipinski definition) is 3. The highest BCUT2D eigenvalue weighted by Crippen LogP contribution is 2.26. The van der Waals surface area contributed by atoms with Gasteiger partial charge in [0.1, 0.15) is 5.82 Å². The van der Waals surface area contributed by atoms with E-state index in [1.54, 1.807) is 0 Å². The van der Waals surface area contributed by atoms with E-state index in [2.05, 4.69) is 15.3 Å². The van der Waals surface area contributed by atoms with Crippen LogP contribution in [-0.2, 0) is 11.3 Å². The van der Waals surface area contributed by atoms with Crippen molar-refractivity contribution >= 4 is 16.9 Å². The summed E-state index contributed by atoms with van der Waals surface area (Å²) < 4.78 is 0. The lowest BCUT2D eigenvalue weighted by Crippen LogP contribution is -2.54. The Morgan fingerprint density at radius 2 is 1.81 bits per heavy atom. The van der Waals surface area contributed by atoms with E-state index >= 15 is 0 Å². The van der Waals surface area contributed by atoms with Crippen molar-refractivity contribution in [2.45, 2.75) is 44.2 Å². The molecule has 5 nitrogen and oxygen atoms in total. The van der Waals surface area contributed by atoms with Crippen LogP contribution in [0.2, 0.25) is 0 Å². The third-order valence-corrected chi connectivity index (χ3v) is 5.27. The highest BCUT2D eigenvalue weighted by atomic mass is 16.2. The summed E-state index contributed by atoms with van der Waals surface area (Å²) in [5.41, 5.74) is 9.66. The van der Waals surface area contributed by atoms with Crippen LogP contribution in [-0.4, -0.2) is 21.4 Å². The summed E-state index contributed by atoms with van der Waals surface area (Å²) in [6.45, 7) is 0.498. The predicted octanol–water partition coefficient (Wildman–Crippen LogP) is 3.51. The van der Waals surface area contributed by atoms with Crippen molar-refractivity contribution in [1.82, 2.24) is 15.3 Å². The maximum atomic E-state index is 12.4. The molecule has 0 spiro atoms. The zero-order valence-corrected chi connectivity index (χ0v) is 14.8. The molecule has 1 aliphatic rings. The number of amides is 1. The summed E-state index contributed by atoms with van der Waals surface area (Å²) in [6.07, 6.45) is 4.81. The second-order valence-electron chi connectivity index (χ2n) is 7.20. The van der Waals surface area contributed by atoms with Gasteiger partial charge in [-0.2, -0.15) is 0 Å². The molecule has 0 atom stereocenters. The fourth-order valence-electron chi connectivity index (χ4n) is 3.64. The quantitative estimate of drug-likeness (QED) is 0.674. The van der Waals surface area contributed by atoms with Gasteiger partial charge in [0.25, 0.3) is 0 Å². The van der Waals surface area contributed by atoms with Gasteiger partial charge in [0.2, 0.25) is 5.91 Å². The Kier molecular flexibility index (Phi) is 4.47. The molecule has 1 amide bonds. The molecule has 1 heterocycles. The average Bonchev–Trinajstić information content (AvgIpc) is 3.11. The molecular formula is C21H24N4O. The fraction of sp³-hybridized carbons (Fsp3) is 0.333. The Labute approximate surface area is 153 Å². The number of nitrogens with two attached hydrogens (primary N) is 1. The van der Waals surface area contributed by atoms with Gasteiger partial charge in [-0.3, -0.25) is 4.79 Å². The van der Waals surface area contributed by atoms with Crippen LogP contribution in [0.4, 0.5) is 0 Å². The van der Waals surface area contributed by atoms with E-state index in [1.807, 2.05) is 48.5 Å². The number of para-hydroxylation sites is 2. The first-order valence-corrected chi connectivity index (χ1v) is 9.25. The summed E-state index contributed by atoms with van der Waals surface area (Å²) >= 11 is 0. The van der Waals surface area contributed by atoms with E-state index in [1.165, 1.54) is 6.42 Å². The van der Waals surface area contributed by atoms with Crippen LogP contribution < -0.4 is 11.1 Å². The van der Waals surface area contributed by atoms with Crippen molar-refractivity contribution in [2.75, 3.05) is 0 Å². The molecule has 0 radical (unpaired) electrons. The number of rotatable bonds is 4. The normalized spacial score (nSPS) is 16.5. The molecule has 26 heavy (non-hydrogen) atoms. The highest BCUT2D eigenvalue weighted by Gasteiger charge is 2.34. The van der Waals surface area contributed by atoms with Crippen LogP contribution in [0.25, 0.3) is 22.4 Å². The van der Waals surface area contributed by atoms with Crippen LogP contribution in [0.15, 0.2) is 48.5 Å². The van der Waals surface area contributed by atoms with Crippen molar-refractivity contribution in [3.05, 3.63) is 54.1 Å². The smallest absolute Gasteiger partial charge is 0.240 e. The van der Waals surface area contributed by atoms with Gasteiger partial charge in [-0.05, 0) is 30.5 Å². The third kappa shape index (κ3) is 3.35. The molecule has 1 fully saturated rings. The standard InChI is InChI=1S/C21H24N4O/c22-21(12-4-1-5-13-21)20(26)23-14-15-8-10-16(11-9-15)19-24-17-6-2-3-7-18(17)25-19/h2-3,6-11H,1,4-5,12-14,22H2,(H,23,26)(H,24,25). The molecule has 0 aliphatic heterocycles. The minimum atomic E-state index is -0.688. The molecule has 3 aromatic rings. The first-order chi connectivity index (χ1) is 12.6. The number of aromatic amines is 1. The molecule has 5 heteroatoms. The lowest BCUT2D eigenvalue weighted by atomic mass is 9.82. The number of carbonyl (C=O) groups is 1. The molecule has 2 aromatic carbocycles. The molecule has 1 saturated carbocycles. The number of benzene rings is 2. The highest BCUT2D eigenvalue weighted by molar-refractivity contribution is 5.86. The van der Waals surface area contributed by atoms with Crippen LogP contribution in [0.5, 0.6) is 0 Å². The Morgan fingerprint density at radius 1 is 1.08 bits per heavy atom. The summed E-state index contributed by atoms with van der Waals surface area (Å²) in [4.78, 5) is 20.4. The van der Waals surface area contributed by atoms with E-state index in [-0.39, 0.29) is 5.91 Å². The molecule has 4 N–H and O–H groups in total. The molecule has 0 saturated heterocycles. The van der Waals surface area contributed by atoms with Gasteiger partial charge in [-0.15, -0.1) is 0 Å². The van der Waals surface area contributed by atoms with E-state index in [0.29, 0.717) is 6.54 Å². The van der Waals surface area contributed by atoms with E-state index in [0.717, 1.165) is 53.7 Å². The Balaban J connectivity index is 1.42. The number of nitrogens with zero attached hydrogens (tertiary/aromatic N) is 1. The van der Waals surface area contributed by atoms with Crippen molar-refractivity contribution in [1.29, 1.82) is 0 Å². The molecule has 0 unspecified atom stereocenters. The van der Waals surface area contributed by atoms with E-state index < -0.39 is 5.54 Å². The molecule has 1 aromatic heterocycles. The summed E-state index contributed by atoms with van der Waals surface area (Å²) in [7, 11) is 0. The van der Waals surface area contributed by atoms with Gasteiger partial charge in [-0.1, -0.05) is 55.7 Å². The molecule has 134 valence electrons. The van der Waals surface area contributed by atoms with Crippen molar-refractivity contribution in [2.24, 2.45) is 5.73 Å². The van der Waals surface area contributed by atoms with Crippen molar-refractivity contribution < 1.29 is 4.79 Å². The number of H-pyrrole nitrogens is 1. The van der Waals surface area contributed by atoms with Crippen molar-refractivity contribution in [3.63, 3.8) is 0 Å². The second-order valence-corrected chi connectivity index (χ2v) is 7.20. The van der Waals surface area contributed by atoms with Gasteiger partial charge in [-0.25, -0.2) is 4.98 Å². The predicted molar refractivity (Wildman–Crippen MR) is 103 cm³/mol. The monoisotopic (exact) mass is 348 g/mol. The SMILES string of the molecule is NC1(C(=O)NCc2ccc(-c3nc4ccccc4[nH]3)cc2)CCCCC1. The summed E-state index contributed by atoms with van der Waals surface area (Å²) in [5, 5.41) is 3.00. The van der Waals surface area contributed by atoms with Crippen LogP contribution >= 0.6 is 0 Å². The number of fused-ring (bicyclic) bond motifs is 1. The topological polar surface area (TPSA) is 83.8 Å². The summed E-state index contributed by atoms with van der Waals surface area (Å²) in [6, 6.07) is 16.1. The molecule has 4 rings (SSSR count). The van der Waals surface area contributed by atoms with Crippen LogP contribution in [0, 0.1) is 0 Å². The van der Waals surface area contributed by atoms with Gasteiger partial charge >= 0.3 is 0 Å². The summed E-state index contributed by atoms with van der Waals surface area (Å²) in [5.74, 6) is 0.823. The second kappa shape index (κ2) is 6.92. The number of aromatic nitrogens is 2. The zero-order chi connectivity index (χ0) is 18.0. The van der Waals surface area contributed by atoms with Gasteiger partial charge in [0, 0.05) is 12.1 Å². The zero-order valence-electron chi connectivity index (χ0n) is 14.8. The first-order valence-electron chi connectivity index (χ1n) is 9.25. The number of imidazole rings is 1. The molecular weight excluding hydrogens is 324 g/mol. The third-order valence-electron chi connectivity index (χ3n) is 5.27.